The van der Waals surface area contributed by atoms with Crippen LogP contribution < -0.4 is 0 Å². The number of carbonyl (C=O) groups is 1. The first-order chi connectivity index (χ1) is 13.2. The zero-order chi connectivity index (χ0) is 18.7. The quantitative estimate of drug-likeness (QED) is 0.751. The van der Waals surface area contributed by atoms with E-state index >= 15 is 0 Å². The maximum Gasteiger partial charge on any atom is 0.223 e. The average molecular weight is 357 g/mol. The summed E-state index contributed by atoms with van der Waals surface area (Å²) in [6.07, 6.45) is 0.340. The smallest absolute Gasteiger partial charge is 0.223 e. The Balaban J connectivity index is 1.67. The molecule has 0 aromatic heterocycles. The molecule has 0 unspecified atom stereocenters. The molecular formula is C24H23NO2. The van der Waals surface area contributed by atoms with Crippen molar-refractivity contribution in [3.63, 3.8) is 0 Å². The summed E-state index contributed by atoms with van der Waals surface area (Å²) in [5.41, 5.74) is 1.57. The lowest BCUT2D eigenvalue weighted by atomic mass is 9.75. The number of nitrogens with zero attached hydrogens (tertiary/aromatic N) is 1. The summed E-state index contributed by atoms with van der Waals surface area (Å²) in [6, 6.07) is 29.4. The fraction of sp³-hybridized carbons (Fsp3) is 0.208. The van der Waals surface area contributed by atoms with Crippen LogP contribution in [-0.2, 0) is 16.9 Å². The molecule has 1 N–H and O–H groups in total. The summed E-state index contributed by atoms with van der Waals surface area (Å²) in [7, 11) is 0. The molecule has 0 aliphatic carbocycles. The Kier molecular flexibility index (Phi) is 4.78. The predicted molar refractivity (Wildman–Crippen MR) is 106 cm³/mol. The number of rotatable bonds is 5. The highest BCUT2D eigenvalue weighted by atomic mass is 16.3. The highest BCUT2D eigenvalue weighted by molar-refractivity contribution is 5.79. The molecule has 1 atom stereocenters. The number of amides is 1. The SMILES string of the molecule is O=C1C[C@H](C(O)(c2ccccc2)c2ccccc2)CN1Cc1ccccc1. The molecule has 0 bridgehead atoms. The largest absolute Gasteiger partial charge is 0.380 e. The maximum atomic E-state index is 12.7. The van der Waals surface area contributed by atoms with Crippen LogP contribution in [0.5, 0.6) is 0 Å². The molecule has 3 heteroatoms. The van der Waals surface area contributed by atoms with Gasteiger partial charge in [-0.25, -0.2) is 0 Å². The number of hydrogen-bond donors (Lipinski definition) is 1. The zero-order valence-corrected chi connectivity index (χ0v) is 15.2. The number of aliphatic hydroxyl groups is 1. The summed E-state index contributed by atoms with van der Waals surface area (Å²) in [5, 5.41) is 11.9. The Bertz CT molecular complexity index is 854. The van der Waals surface area contributed by atoms with Crippen LogP contribution in [0.2, 0.25) is 0 Å². The van der Waals surface area contributed by atoms with Gasteiger partial charge in [0.15, 0.2) is 0 Å². The monoisotopic (exact) mass is 357 g/mol. The normalized spacial score (nSPS) is 17.3. The second-order valence-corrected chi connectivity index (χ2v) is 7.16. The van der Waals surface area contributed by atoms with Crippen LogP contribution in [0.4, 0.5) is 0 Å². The first kappa shape index (κ1) is 17.5. The van der Waals surface area contributed by atoms with Crippen LogP contribution in [-0.4, -0.2) is 22.5 Å². The summed E-state index contributed by atoms with van der Waals surface area (Å²) < 4.78 is 0. The lowest BCUT2D eigenvalue weighted by molar-refractivity contribution is -0.128. The fourth-order valence-electron chi connectivity index (χ4n) is 4.03. The Hall–Kier alpha value is -2.91. The van der Waals surface area contributed by atoms with Crippen LogP contribution in [0.1, 0.15) is 23.1 Å². The van der Waals surface area contributed by atoms with Crippen LogP contribution in [0.25, 0.3) is 0 Å². The predicted octanol–water partition coefficient (Wildman–Crippen LogP) is 3.97. The van der Waals surface area contributed by atoms with Gasteiger partial charge in [-0.1, -0.05) is 91.0 Å². The summed E-state index contributed by atoms with van der Waals surface area (Å²) in [5.74, 6) is -0.104. The Morgan fingerprint density at radius 3 is 1.81 bits per heavy atom. The van der Waals surface area contributed by atoms with Crippen LogP contribution >= 0.6 is 0 Å². The molecule has 1 fully saturated rings. The third-order valence-electron chi connectivity index (χ3n) is 5.45. The van der Waals surface area contributed by atoms with E-state index in [4.69, 9.17) is 0 Å². The molecule has 1 amide bonds. The number of hydrogen-bond acceptors (Lipinski definition) is 2. The minimum absolute atomic E-state index is 0.0918. The summed E-state index contributed by atoms with van der Waals surface area (Å²) in [4.78, 5) is 14.6. The van der Waals surface area contributed by atoms with E-state index in [2.05, 4.69) is 0 Å². The van der Waals surface area contributed by atoms with Gasteiger partial charge >= 0.3 is 0 Å². The molecule has 3 nitrogen and oxygen atoms in total. The molecule has 136 valence electrons. The van der Waals surface area contributed by atoms with Crippen molar-refractivity contribution in [2.45, 2.75) is 18.6 Å². The van der Waals surface area contributed by atoms with Gasteiger partial charge in [-0.15, -0.1) is 0 Å². The van der Waals surface area contributed by atoms with Gasteiger partial charge in [0.2, 0.25) is 5.91 Å². The van der Waals surface area contributed by atoms with E-state index in [1.54, 1.807) is 0 Å². The van der Waals surface area contributed by atoms with Crippen LogP contribution in [0, 0.1) is 5.92 Å². The molecule has 4 rings (SSSR count). The van der Waals surface area contributed by atoms with Gasteiger partial charge in [-0.05, 0) is 16.7 Å². The fourth-order valence-corrected chi connectivity index (χ4v) is 4.03. The van der Waals surface area contributed by atoms with Gasteiger partial charge in [-0.3, -0.25) is 4.79 Å². The standard InChI is InChI=1S/C24H23NO2/c26-23-16-22(18-25(23)17-19-10-4-1-5-11-19)24(27,20-12-6-2-7-13-20)21-14-8-3-9-15-21/h1-15,22,27H,16-18H2/t22-/m0/s1. The summed E-state index contributed by atoms with van der Waals surface area (Å²) in [6.45, 7) is 1.11. The van der Waals surface area contributed by atoms with E-state index in [1.807, 2.05) is 95.9 Å². The van der Waals surface area contributed by atoms with E-state index in [-0.39, 0.29) is 11.8 Å². The molecule has 27 heavy (non-hydrogen) atoms. The highest BCUT2D eigenvalue weighted by Gasteiger charge is 2.46. The third kappa shape index (κ3) is 3.38. The Labute approximate surface area is 159 Å². The van der Waals surface area contributed by atoms with E-state index in [9.17, 15) is 9.90 Å². The van der Waals surface area contributed by atoms with E-state index in [0.717, 1.165) is 16.7 Å². The first-order valence-electron chi connectivity index (χ1n) is 9.33. The van der Waals surface area contributed by atoms with E-state index in [1.165, 1.54) is 0 Å². The highest BCUT2D eigenvalue weighted by Crippen LogP contribution is 2.42. The molecule has 0 radical (unpaired) electrons. The van der Waals surface area contributed by atoms with Crippen molar-refractivity contribution in [3.8, 4) is 0 Å². The third-order valence-corrected chi connectivity index (χ3v) is 5.45. The van der Waals surface area contributed by atoms with Crippen molar-refractivity contribution < 1.29 is 9.90 Å². The Morgan fingerprint density at radius 2 is 1.30 bits per heavy atom. The average Bonchev–Trinajstić information content (AvgIpc) is 3.10. The number of benzene rings is 3. The molecule has 3 aromatic carbocycles. The zero-order valence-electron chi connectivity index (χ0n) is 15.2. The van der Waals surface area contributed by atoms with Gasteiger partial charge < -0.3 is 10.0 Å². The lowest BCUT2D eigenvalue weighted by Gasteiger charge is -2.35. The van der Waals surface area contributed by atoms with Crippen molar-refractivity contribution in [2.24, 2.45) is 5.92 Å². The second kappa shape index (κ2) is 7.37. The molecule has 0 saturated carbocycles. The molecule has 1 aliphatic rings. The Morgan fingerprint density at radius 1 is 0.815 bits per heavy atom. The van der Waals surface area contributed by atoms with Crippen molar-refractivity contribution in [3.05, 3.63) is 108 Å². The molecular weight excluding hydrogens is 334 g/mol. The van der Waals surface area contributed by atoms with Crippen LogP contribution in [0.3, 0.4) is 0 Å². The second-order valence-electron chi connectivity index (χ2n) is 7.16. The van der Waals surface area contributed by atoms with Gasteiger partial charge in [0, 0.05) is 25.4 Å². The topological polar surface area (TPSA) is 40.5 Å². The minimum Gasteiger partial charge on any atom is -0.380 e. The van der Waals surface area contributed by atoms with E-state index in [0.29, 0.717) is 19.5 Å². The van der Waals surface area contributed by atoms with Crippen molar-refractivity contribution in [1.82, 2.24) is 4.90 Å². The number of likely N-dealkylation sites (tertiary alicyclic amines) is 1. The first-order valence-corrected chi connectivity index (χ1v) is 9.33. The minimum atomic E-state index is -1.19. The maximum absolute atomic E-state index is 12.7. The van der Waals surface area contributed by atoms with Gasteiger partial charge in [-0.2, -0.15) is 0 Å². The molecule has 1 heterocycles. The number of carbonyl (C=O) groups excluding carboxylic acids is 1. The molecule has 1 saturated heterocycles. The van der Waals surface area contributed by atoms with E-state index < -0.39 is 5.60 Å². The van der Waals surface area contributed by atoms with Gasteiger partial charge in [0.25, 0.3) is 0 Å². The summed E-state index contributed by atoms with van der Waals surface area (Å²) >= 11 is 0. The van der Waals surface area contributed by atoms with Crippen molar-refractivity contribution in [2.75, 3.05) is 6.54 Å². The molecule has 0 spiro atoms. The van der Waals surface area contributed by atoms with Crippen LogP contribution in [0.15, 0.2) is 91.0 Å². The van der Waals surface area contributed by atoms with Crippen molar-refractivity contribution in [1.29, 1.82) is 0 Å². The molecule has 1 aliphatic heterocycles. The molecule has 3 aromatic rings. The van der Waals surface area contributed by atoms with Crippen molar-refractivity contribution >= 4 is 5.91 Å². The van der Waals surface area contributed by atoms with Gasteiger partial charge in [0.1, 0.15) is 5.60 Å². The van der Waals surface area contributed by atoms with Gasteiger partial charge in [0.05, 0.1) is 0 Å². The lowest BCUT2D eigenvalue weighted by Crippen LogP contribution is -2.38.